The molecule has 1 N–H and O–H groups in total. The Balaban J connectivity index is 1.87. The van der Waals surface area contributed by atoms with Crippen LogP contribution in [0.15, 0.2) is 53.4 Å². The molecule has 0 aliphatic carbocycles. The van der Waals surface area contributed by atoms with Gasteiger partial charge in [0.2, 0.25) is 10.0 Å². The first-order chi connectivity index (χ1) is 14.4. The maximum absolute atomic E-state index is 12.5. The molecule has 0 unspecified atom stereocenters. The largest absolute Gasteiger partial charge is 0.395 e. The molecule has 1 aromatic heterocycles. The van der Waals surface area contributed by atoms with Gasteiger partial charge in [-0.15, -0.1) is 0 Å². The van der Waals surface area contributed by atoms with Gasteiger partial charge in [0.25, 0.3) is 0 Å². The molecule has 162 valence electrons. The van der Waals surface area contributed by atoms with Gasteiger partial charge in [-0.1, -0.05) is 30.3 Å². The number of sulfonamides is 1. The molecule has 0 spiro atoms. The fourth-order valence-corrected chi connectivity index (χ4v) is 4.47. The van der Waals surface area contributed by atoms with Gasteiger partial charge in [0.1, 0.15) is 5.82 Å². The Labute approximate surface area is 178 Å². The van der Waals surface area contributed by atoms with Gasteiger partial charge < -0.3 is 9.67 Å². The van der Waals surface area contributed by atoms with Crippen molar-refractivity contribution >= 4 is 21.1 Å². The van der Waals surface area contributed by atoms with Gasteiger partial charge in [0.15, 0.2) is 0 Å². The van der Waals surface area contributed by atoms with Crippen LogP contribution in [0.2, 0.25) is 0 Å². The van der Waals surface area contributed by atoms with Gasteiger partial charge in [-0.2, -0.15) is 0 Å². The summed E-state index contributed by atoms with van der Waals surface area (Å²) in [6, 6.07) is 15.4. The fraction of sp³-hybridized carbons (Fsp3) is 0.409. The summed E-state index contributed by atoms with van der Waals surface area (Å²) in [6.45, 7) is 4.81. The zero-order valence-corrected chi connectivity index (χ0v) is 18.6. The maximum atomic E-state index is 12.5. The fourth-order valence-electron chi connectivity index (χ4n) is 3.55. The van der Waals surface area contributed by atoms with E-state index in [0.717, 1.165) is 30.9 Å². The van der Waals surface area contributed by atoms with E-state index in [4.69, 9.17) is 4.98 Å². The van der Waals surface area contributed by atoms with Crippen molar-refractivity contribution in [2.75, 3.05) is 33.8 Å². The summed E-state index contributed by atoms with van der Waals surface area (Å²) in [4.78, 5) is 7.17. The van der Waals surface area contributed by atoms with Gasteiger partial charge >= 0.3 is 0 Å². The standard InChI is InChI=1S/C22H30N4O3S/c1-4-26-21-11-10-19(30(28,29)24(2)3)16-20(21)23-22(26)17-25(14-15-27)13-12-18-8-6-5-7-9-18/h5-11,16,27H,4,12-15,17H2,1-3H3. The van der Waals surface area contributed by atoms with Gasteiger partial charge in [-0.3, -0.25) is 4.90 Å². The maximum Gasteiger partial charge on any atom is 0.242 e. The number of imidazole rings is 1. The summed E-state index contributed by atoms with van der Waals surface area (Å²) in [5.41, 5.74) is 2.84. The Morgan fingerprint density at radius 2 is 1.80 bits per heavy atom. The smallest absolute Gasteiger partial charge is 0.242 e. The Morgan fingerprint density at radius 3 is 2.43 bits per heavy atom. The minimum absolute atomic E-state index is 0.0758. The summed E-state index contributed by atoms with van der Waals surface area (Å²) >= 11 is 0. The topological polar surface area (TPSA) is 78.7 Å². The van der Waals surface area contributed by atoms with Gasteiger partial charge in [-0.05, 0) is 37.1 Å². The number of aromatic nitrogens is 2. The van der Waals surface area contributed by atoms with Crippen LogP contribution in [0.3, 0.4) is 0 Å². The number of aliphatic hydroxyl groups is 1. The second kappa shape index (κ2) is 9.70. The van der Waals surface area contributed by atoms with Crippen molar-refractivity contribution in [2.45, 2.75) is 31.3 Å². The number of hydrogen-bond acceptors (Lipinski definition) is 5. The van der Waals surface area contributed by atoms with E-state index in [-0.39, 0.29) is 11.5 Å². The quantitative estimate of drug-likeness (QED) is 0.534. The molecule has 0 saturated heterocycles. The van der Waals surface area contributed by atoms with Gasteiger partial charge in [-0.25, -0.2) is 17.7 Å². The molecule has 0 aliphatic rings. The summed E-state index contributed by atoms with van der Waals surface area (Å²) in [7, 11) is -0.463. The highest BCUT2D eigenvalue weighted by Crippen LogP contribution is 2.23. The lowest BCUT2D eigenvalue weighted by Gasteiger charge is -2.21. The summed E-state index contributed by atoms with van der Waals surface area (Å²) < 4.78 is 28.3. The Morgan fingerprint density at radius 1 is 1.07 bits per heavy atom. The molecule has 0 saturated carbocycles. The van der Waals surface area contributed by atoms with E-state index in [9.17, 15) is 13.5 Å². The SMILES string of the molecule is CCn1c(CN(CCO)CCc2ccccc2)nc2cc(S(=O)(=O)N(C)C)ccc21. The minimum Gasteiger partial charge on any atom is -0.395 e. The Kier molecular flexibility index (Phi) is 7.25. The van der Waals surface area contributed by atoms with Crippen LogP contribution in [0, 0.1) is 0 Å². The van der Waals surface area contributed by atoms with Crippen molar-refractivity contribution in [1.82, 2.24) is 18.8 Å². The highest BCUT2D eigenvalue weighted by atomic mass is 32.2. The van der Waals surface area contributed by atoms with Crippen molar-refractivity contribution in [1.29, 1.82) is 0 Å². The average molecular weight is 431 g/mol. The molecule has 2 aromatic carbocycles. The molecule has 0 radical (unpaired) electrons. The van der Waals surface area contributed by atoms with Crippen LogP contribution in [0.4, 0.5) is 0 Å². The van der Waals surface area contributed by atoms with Crippen LogP contribution < -0.4 is 0 Å². The number of aryl methyl sites for hydroxylation is 1. The molecule has 7 nitrogen and oxygen atoms in total. The number of rotatable bonds is 10. The zero-order valence-electron chi connectivity index (χ0n) is 17.8. The van der Waals surface area contributed by atoms with Crippen LogP contribution in [0.25, 0.3) is 11.0 Å². The third-order valence-corrected chi connectivity index (χ3v) is 7.05. The number of aliphatic hydroxyl groups excluding tert-OH is 1. The first-order valence-corrected chi connectivity index (χ1v) is 11.6. The Hall–Kier alpha value is -2.26. The molecule has 0 fully saturated rings. The van der Waals surface area contributed by atoms with E-state index in [2.05, 4.69) is 28.5 Å². The van der Waals surface area contributed by atoms with Crippen molar-refractivity contribution in [3.63, 3.8) is 0 Å². The van der Waals surface area contributed by atoms with Gasteiger partial charge in [0.05, 0.1) is 29.1 Å². The molecule has 0 amide bonds. The van der Waals surface area contributed by atoms with E-state index in [0.29, 0.717) is 18.6 Å². The van der Waals surface area contributed by atoms with Gasteiger partial charge in [0, 0.05) is 33.7 Å². The second-order valence-corrected chi connectivity index (χ2v) is 9.60. The van der Waals surface area contributed by atoms with Crippen LogP contribution in [-0.4, -0.2) is 66.1 Å². The third-order valence-electron chi connectivity index (χ3n) is 5.23. The van der Waals surface area contributed by atoms with E-state index < -0.39 is 10.0 Å². The summed E-state index contributed by atoms with van der Waals surface area (Å²) in [5.74, 6) is 0.869. The first-order valence-electron chi connectivity index (χ1n) is 10.2. The highest BCUT2D eigenvalue weighted by molar-refractivity contribution is 7.89. The molecular weight excluding hydrogens is 400 g/mol. The lowest BCUT2D eigenvalue weighted by molar-refractivity contribution is 0.187. The molecule has 1 heterocycles. The molecule has 0 atom stereocenters. The van der Waals surface area contributed by atoms with Crippen molar-refractivity contribution < 1.29 is 13.5 Å². The van der Waals surface area contributed by atoms with Crippen LogP contribution in [0.1, 0.15) is 18.3 Å². The molecule has 0 aliphatic heterocycles. The number of hydrogen-bond donors (Lipinski definition) is 1. The number of fused-ring (bicyclic) bond motifs is 1. The van der Waals surface area contributed by atoms with Crippen LogP contribution in [-0.2, 0) is 29.5 Å². The molecular formula is C22H30N4O3S. The molecule has 30 heavy (non-hydrogen) atoms. The number of nitrogens with zero attached hydrogens (tertiary/aromatic N) is 4. The number of benzene rings is 2. The molecule has 3 aromatic rings. The minimum atomic E-state index is -3.51. The van der Waals surface area contributed by atoms with Crippen molar-refractivity contribution in [3.8, 4) is 0 Å². The molecule has 0 bridgehead atoms. The van der Waals surface area contributed by atoms with Crippen molar-refractivity contribution in [2.24, 2.45) is 0 Å². The lowest BCUT2D eigenvalue weighted by atomic mass is 10.1. The highest BCUT2D eigenvalue weighted by Gasteiger charge is 2.20. The normalized spacial score (nSPS) is 12.3. The average Bonchev–Trinajstić information content (AvgIpc) is 3.08. The van der Waals surface area contributed by atoms with E-state index in [1.807, 2.05) is 24.3 Å². The third kappa shape index (κ3) is 4.89. The van der Waals surface area contributed by atoms with E-state index in [1.54, 1.807) is 12.1 Å². The second-order valence-electron chi connectivity index (χ2n) is 7.45. The molecule has 8 heteroatoms. The van der Waals surface area contributed by atoms with E-state index >= 15 is 0 Å². The van der Waals surface area contributed by atoms with E-state index in [1.165, 1.54) is 24.0 Å². The predicted molar refractivity (Wildman–Crippen MR) is 119 cm³/mol. The predicted octanol–water partition coefficient (Wildman–Crippen LogP) is 2.34. The monoisotopic (exact) mass is 430 g/mol. The molecule has 3 rings (SSSR count). The zero-order chi connectivity index (χ0) is 21.7. The summed E-state index contributed by atoms with van der Waals surface area (Å²) in [6.07, 6.45) is 0.887. The van der Waals surface area contributed by atoms with Crippen LogP contribution >= 0.6 is 0 Å². The lowest BCUT2D eigenvalue weighted by Crippen LogP contribution is -2.30. The summed E-state index contributed by atoms with van der Waals surface area (Å²) in [5, 5.41) is 9.52. The first kappa shape index (κ1) is 22.4. The van der Waals surface area contributed by atoms with Crippen molar-refractivity contribution in [3.05, 3.63) is 59.9 Å². The van der Waals surface area contributed by atoms with Crippen LogP contribution in [0.5, 0.6) is 0 Å². The Bertz CT molecular complexity index is 1080.